The number of hydrogen-bond donors (Lipinski definition) is 3. The van der Waals surface area contributed by atoms with Crippen molar-refractivity contribution in [2.24, 2.45) is 11.1 Å². The van der Waals surface area contributed by atoms with E-state index in [2.05, 4.69) is 0 Å². The van der Waals surface area contributed by atoms with E-state index >= 15 is 0 Å². The Hall–Kier alpha value is -1.62. The van der Waals surface area contributed by atoms with Crippen molar-refractivity contribution >= 4 is 11.7 Å². The third-order valence-corrected chi connectivity index (χ3v) is 2.63. The summed E-state index contributed by atoms with van der Waals surface area (Å²) in [5.74, 6) is -1.53. The molecule has 0 saturated carbocycles. The Bertz CT molecular complexity index is 409. The summed E-state index contributed by atoms with van der Waals surface area (Å²) in [5.41, 5.74) is 10.3. The van der Waals surface area contributed by atoms with E-state index in [1.807, 2.05) is 0 Å². The van der Waals surface area contributed by atoms with Gasteiger partial charge in [-0.25, -0.2) is 4.39 Å². The van der Waals surface area contributed by atoms with Gasteiger partial charge in [-0.15, -0.1) is 0 Å². The number of nitrogens with two attached hydrogens (primary N) is 2. The number of hydrogen-bond acceptors (Lipinski definition) is 3. The van der Waals surface area contributed by atoms with Crippen LogP contribution in [0, 0.1) is 11.2 Å². The van der Waals surface area contributed by atoms with E-state index in [4.69, 9.17) is 16.6 Å². The fraction of sp³-hybridized carbons (Fsp3) is 0.364. The maximum atomic E-state index is 13.2. The Kier molecular flexibility index (Phi) is 3.49. The van der Waals surface area contributed by atoms with Crippen LogP contribution in [0.1, 0.15) is 12.5 Å². The highest BCUT2D eigenvalue weighted by Gasteiger charge is 2.31. The lowest BCUT2D eigenvalue weighted by Gasteiger charge is -2.22. The highest BCUT2D eigenvalue weighted by molar-refractivity contribution is 5.75. The molecule has 1 aromatic rings. The van der Waals surface area contributed by atoms with E-state index in [-0.39, 0.29) is 18.7 Å². The van der Waals surface area contributed by atoms with Crippen molar-refractivity contribution in [2.45, 2.75) is 13.3 Å². The van der Waals surface area contributed by atoms with Crippen LogP contribution in [0.15, 0.2) is 18.2 Å². The number of aliphatic carboxylic acids is 1. The molecule has 0 aliphatic heterocycles. The molecule has 1 rings (SSSR count). The predicted molar refractivity (Wildman–Crippen MR) is 59.3 cm³/mol. The van der Waals surface area contributed by atoms with Crippen LogP contribution in [0.2, 0.25) is 0 Å². The Morgan fingerprint density at radius 1 is 1.56 bits per heavy atom. The summed E-state index contributed by atoms with van der Waals surface area (Å²) in [7, 11) is 0. The summed E-state index contributed by atoms with van der Waals surface area (Å²) in [4.78, 5) is 11.0. The summed E-state index contributed by atoms with van der Waals surface area (Å²) in [5, 5.41) is 9.02. The maximum Gasteiger partial charge on any atom is 0.310 e. The van der Waals surface area contributed by atoms with Crippen molar-refractivity contribution in [2.75, 3.05) is 12.3 Å². The first-order chi connectivity index (χ1) is 7.39. The Morgan fingerprint density at radius 3 is 2.62 bits per heavy atom. The quantitative estimate of drug-likeness (QED) is 0.668. The molecule has 0 aromatic heterocycles. The van der Waals surface area contributed by atoms with Gasteiger partial charge in [-0.1, -0.05) is 6.07 Å². The molecule has 88 valence electrons. The number of nitrogen functional groups attached to an aromatic ring is 1. The van der Waals surface area contributed by atoms with Gasteiger partial charge < -0.3 is 16.6 Å². The average Bonchev–Trinajstić information content (AvgIpc) is 2.23. The minimum atomic E-state index is -1.08. The Labute approximate surface area is 93.1 Å². The van der Waals surface area contributed by atoms with E-state index in [0.29, 0.717) is 5.56 Å². The molecule has 4 nitrogen and oxygen atoms in total. The fourth-order valence-corrected chi connectivity index (χ4v) is 1.37. The SMILES string of the molecule is CC(CN)(Cc1ccc(N)c(F)c1)C(=O)O. The van der Waals surface area contributed by atoms with Crippen molar-refractivity contribution in [3.05, 3.63) is 29.6 Å². The smallest absolute Gasteiger partial charge is 0.310 e. The second kappa shape index (κ2) is 4.49. The van der Waals surface area contributed by atoms with Gasteiger partial charge >= 0.3 is 5.97 Å². The molecule has 5 N–H and O–H groups in total. The first kappa shape index (κ1) is 12.4. The highest BCUT2D eigenvalue weighted by Crippen LogP contribution is 2.23. The third-order valence-electron chi connectivity index (χ3n) is 2.63. The topological polar surface area (TPSA) is 89.3 Å². The minimum absolute atomic E-state index is 0.00563. The summed E-state index contributed by atoms with van der Waals surface area (Å²) in [6.45, 7) is 1.53. The highest BCUT2D eigenvalue weighted by atomic mass is 19.1. The summed E-state index contributed by atoms with van der Waals surface area (Å²) in [6, 6.07) is 4.27. The maximum absolute atomic E-state index is 13.2. The van der Waals surface area contributed by atoms with Crippen LogP contribution < -0.4 is 11.5 Å². The van der Waals surface area contributed by atoms with Gasteiger partial charge in [0.2, 0.25) is 0 Å². The van der Waals surface area contributed by atoms with Crippen molar-refractivity contribution < 1.29 is 14.3 Å². The van der Waals surface area contributed by atoms with Crippen molar-refractivity contribution in [1.82, 2.24) is 0 Å². The lowest BCUT2D eigenvalue weighted by atomic mass is 9.84. The molecular formula is C11H15FN2O2. The molecule has 0 saturated heterocycles. The average molecular weight is 226 g/mol. The molecule has 0 amide bonds. The van der Waals surface area contributed by atoms with Crippen LogP contribution in [0.25, 0.3) is 0 Å². The number of carboxylic acids is 1. The zero-order valence-corrected chi connectivity index (χ0v) is 9.03. The van der Waals surface area contributed by atoms with Gasteiger partial charge in [0.05, 0.1) is 11.1 Å². The van der Waals surface area contributed by atoms with Crippen LogP contribution in [0.5, 0.6) is 0 Å². The zero-order valence-electron chi connectivity index (χ0n) is 9.03. The summed E-state index contributed by atoms with van der Waals surface area (Å²) >= 11 is 0. The molecular weight excluding hydrogens is 211 g/mol. The summed E-state index contributed by atoms with van der Waals surface area (Å²) < 4.78 is 13.2. The van der Waals surface area contributed by atoms with E-state index in [0.717, 1.165) is 0 Å². The van der Waals surface area contributed by atoms with Crippen molar-refractivity contribution in [1.29, 1.82) is 0 Å². The van der Waals surface area contributed by atoms with Gasteiger partial charge in [-0.2, -0.15) is 0 Å². The molecule has 0 bridgehead atoms. The van der Waals surface area contributed by atoms with Gasteiger partial charge in [-0.05, 0) is 31.0 Å². The lowest BCUT2D eigenvalue weighted by Crippen LogP contribution is -2.37. The van der Waals surface area contributed by atoms with E-state index in [1.165, 1.54) is 19.1 Å². The van der Waals surface area contributed by atoms with E-state index < -0.39 is 17.2 Å². The largest absolute Gasteiger partial charge is 0.481 e. The van der Waals surface area contributed by atoms with Crippen LogP contribution in [-0.2, 0) is 11.2 Å². The molecule has 0 spiro atoms. The van der Waals surface area contributed by atoms with Crippen molar-refractivity contribution in [3.8, 4) is 0 Å². The number of rotatable bonds is 4. The van der Waals surface area contributed by atoms with Gasteiger partial charge in [0.25, 0.3) is 0 Å². The number of anilines is 1. The molecule has 0 radical (unpaired) electrons. The van der Waals surface area contributed by atoms with Crippen LogP contribution in [-0.4, -0.2) is 17.6 Å². The molecule has 0 aliphatic rings. The number of benzene rings is 1. The number of carbonyl (C=O) groups is 1. The van der Waals surface area contributed by atoms with Gasteiger partial charge in [0, 0.05) is 6.54 Å². The second-order valence-electron chi connectivity index (χ2n) is 4.10. The Morgan fingerprint density at radius 2 is 2.19 bits per heavy atom. The van der Waals surface area contributed by atoms with Gasteiger partial charge in [0.1, 0.15) is 5.82 Å². The molecule has 0 aliphatic carbocycles. The van der Waals surface area contributed by atoms with Crippen LogP contribution >= 0.6 is 0 Å². The second-order valence-corrected chi connectivity index (χ2v) is 4.10. The molecule has 1 aromatic carbocycles. The lowest BCUT2D eigenvalue weighted by molar-refractivity contribution is -0.147. The van der Waals surface area contributed by atoms with Crippen LogP contribution in [0.4, 0.5) is 10.1 Å². The molecule has 1 atom stereocenters. The first-order valence-corrected chi connectivity index (χ1v) is 4.86. The molecule has 0 fully saturated rings. The Balaban J connectivity index is 2.95. The minimum Gasteiger partial charge on any atom is -0.481 e. The normalized spacial score (nSPS) is 14.4. The van der Waals surface area contributed by atoms with Gasteiger partial charge in [-0.3, -0.25) is 4.79 Å². The number of carboxylic acid groups (broad SMARTS) is 1. The van der Waals surface area contributed by atoms with Gasteiger partial charge in [0.15, 0.2) is 0 Å². The predicted octanol–water partition coefficient (Wildman–Crippen LogP) is 1.00. The zero-order chi connectivity index (χ0) is 12.3. The van der Waals surface area contributed by atoms with Crippen LogP contribution in [0.3, 0.4) is 0 Å². The molecule has 16 heavy (non-hydrogen) atoms. The molecule has 1 unspecified atom stereocenters. The summed E-state index contributed by atoms with van der Waals surface area (Å²) in [6.07, 6.45) is 0.177. The van der Waals surface area contributed by atoms with E-state index in [1.54, 1.807) is 6.07 Å². The first-order valence-electron chi connectivity index (χ1n) is 4.86. The third kappa shape index (κ3) is 2.49. The number of halogens is 1. The molecule has 5 heteroatoms. The standard InChI is InChI=1S/C11H15FN2O2/c1-11(6-13,10(15)16)5-7-2-3-9(14)8(12)4-7/h2-4H,5-6,13-14H2,1H3,(H,15,16). The van der Waals surface area contributed by atoms with Crippen molar-refractivity contribution in [3.63, 3.8) is 0 Å². The monoisotopic (exact) mass is 226 g/mol. The van der Waals surface area contributed by atoms with E-state index in [9.17, 15) is 9.18 Å². The molecule has 0 heterocycles. The fourth-order valence-electron chi connectivity index (χ4n) is 1.37.